The van der Waals surface area contributed by atoms with Gasteiger partial charge in [0.15, 0.2) is 5.82 Å². The molecule has 1 aromatic heterocycles. The van der Waals surface area contributed by atoms with Crippen LogP contribution in [0.3, 0.4) is 0 Å². The van der Waals surface area contributed by atoms with Gasteiger partial charge < -0.3 is 4.57 Å². The zero-order valence-corrected chi connectivity index (χ0v) is 10.4. The lowest BCUT2D eigenvalue weighted by Gasteiger charge is -2.12. The maximum atomic E-state index is 5.98. The standard InChI is InChI=1S/C12H14ClN3/c1-8(2)16-9(3)14-15-12(16)10-5-4-6-11(13)7-10/h4-8H,1-3H3. The van der Waals surface area contributed by atoms with Gasteiger partial charge in [-0.05, 0) is 32.9 Å². The van der Waals surface area contributed by atoms with Crippen LogP contribution in [0.5, 0.6) is 0 Å². The molecule has 2 rings (SSSR count). The summed E-state index contributed by atoms with van der Waals surface area (Å²) in [6, 6.07) is 8.02. The molecule has 4 heteroatoms. The SMILES string of the molecule is Cc1nnc(-c2cccc(Cl)c2)n1C(C)C. The van der Waals surface area contributed by atoms with E-state index in [1.807, 2.05) is 31.2 Å². The molecule has 0 radical (unpaired) electrons. The summed E-state index contributed by atoms with van der Waals surface area (Å²) in [5.41, 5.74) is 1.00. The van der Waals surface area contributed by atoms with E-state index in [9.17, 15) is 0 Å². The molecule has 0 unspecified atom stereocenters. The van der Waals surface area contributed by atoms with Crippen LogP contribution in [0.4, 0.5) is 0 Å². The monoisotopic (exact) mass is 235 g/mol. The number of aromatic nitrogens is 3. The Hall–Kier alpha value is -1.35. The summed E-state index contributed by atoms with van der Waals surface area (Å²) in [7, 11) is 0. The summed E-state index contributed by atoms with van der Waals surface area (Å²) in [4.78, 5) is 0. The molecule has 16 heavy (non-hydrogen) atoms. The highest BCUT2D eigenvalue weighted by atomic mass is 35.5. The molecular weight excluding hydrogens is 222 g/mol. The lowest BCUT2D eigenvalue weighted by Crippen LogP contribution is -2.05. The third kappa shape index (κ3) is 1.95. The predicted molar refractivity (Wildman–Crippen MR) is 65.6 cm³/mol. The van der Waals surface area contributed by atoms with Crippen LogP contribution in [0.2, 0.25) is 5.02 Å². The van der Waals surface area contributed by atoms with E-state index in [0.29, 0.717) is 11.1 Å². The van der Waals surface area contributed by atoms with Gasteiger partial charge in [-0.1, -0.05) is 23.7 Å². The zero-order chi connectivity index (χ0) is 11.7. The molecular formula is C12H14ClN3. The molecule has 0 aliphatic carbocycles. The zero-order valence-electron chi connectivity index (χ0n) is 9.61. The molecule has 1 aromatic carbocycles. The molecule has 0 saturated heterocycles. The maximum absolute atomic E-state index is 5.98. The molecule has 0 atom stereocenters. The van der Waals surface area contributed by atoms with Gasteiger partial charge in [-0.3, -0.25) is 0 Å². The van der Waals surface area contributed by atoms with Crippen molar-refractivity contribution >= 4 is 11.6 Å². The molecule has 0 spiro atoms. The topological polar surface area (TPSA) is 30.7 Å². The van der Waals surface area contributed by atoms with Crippen molar-refractivity contribution in [2.24, 2.45) is 0 Å². The van der Waals surface area contributed by atoms with E-state index in [-0.39, 0.29) is 0 Å². The fourth-order valence-corrected chi connectivity index (χ4v) is 2.00. The predicted octanol–water partition coefficient (Wildman–Crippen LogP) is 3.49. The first-order valence-electron chi connectivity index (χ1n) is 5.27. The van der Waals surface area contributed by atoms with E-state index in [4.69, 9.17) is 11.6 Å². The van der Waals surface area contributed by atoms with Crippen molar-refractivity contribution in [3.05, 3.63) is 35.1 Å². The van der Waals surface area contributed by atoms with Crippen LogP contribution in [0.1, 0.15) is 25.7 Å². The lowest BCUT2D eigenvalue weighted by molar-refractivity contribution is 0.587. The number of benzene rings is 1. The first-order valence-corrected chi connectivity index (χ1v) is 5.65. The first-order chi connectivity index (χ1) is 7.59. The number of rotatable bonds is 2. The maximum Gasteiger partial charge on any atom is 0.164 e. The Balaban J connectivity index is 2.56. The molecule has 0 saturated carbocycles. The van der Waals surface area contributed by atoms with Crippen LogP contribution in [-0.2, 0) is 0 Å². The molecule has 0 amide bonds. The van der Waals surface area contributed by atoms with E-state index >= 15 is 0 Å². The lowest BCUT2D eigenvalue weighted by atomic mass is 10.2. The third-order valence-electron chi connectivity index (χ3n) is 2.47. The van der Waals surface area contributed by atoms with Gasteiger partial charge in [-0.2, -0.15) is 0 Å². The van der Waals surface area contributed by atoms with Crippen LogP contribution in [-0.4, -0.2) is 14.8 Å². The minimum Gasteiger partial charge on any atom is -0.309 e. The number of halogens is 1. The average Bonchev–Trinajstić information content (AvgIpc) is 2.60. The summed E-state index contributed by atoms with van der Waals surface area (Å²) >= 11 is 5.98. The van der Waals surface area contributed by atoms with Gasteiger partial charge in [0.1, 0.15) is 5.82 Å². The molecule has 0 fully saturated rings. The molecule has 0 aliphatic rings. The highest BCUT2D eigenvalue weighted by Crippen LogP contribution is 2.24. The minimum absolute atomic E-state index is 0.337. The van der Waals surface area contributed by atoms with Crippen molar-refractivity contribution in [3.63, 3.8) is 0 Å². The van der Waals surface area contributed by atoms with Crippen molar-refractivity contribution in [2.75, 3.05) is 0 Å². The van der Waals surface area contributed by atoms with Crippen LogP contribution in [0, 0.1) is 6.92 Å². The first kappa shape index (κ1) is 11.1. The van der Waals surface area contributed by atoms with Gasteiger partial charge in [0.2, 0.25) is 0 Å². The number of nitrogens with zero attached hydrogens (tertiary/aromatic N) is 3. The van der Waals surface area contributed by atoms with E-state index < -0.39 is 0 Å². The van der Waals surface area contributed by atoms with Gasteiger partial charge in [-0.15, -0.1) is 10.2 Å². The smallest absolute Gasteiger partial charge is 0.164 e. The summed E-state index contributed by atoms with van der Waals surface area (Å²) < 4.78 is 2.10. The van der Waals surface area contributed by atoms with E-state index in [2.05, 4.69) is 28.6 Å². The molecule has 0 bridgehead atoms. The average molecular weight is 236 g/mol. The normalized spacial score (nSPS) is 11.1. The molecule has 0 N–H and O–H groups in total. The van der Waals surface area contributed by atoms with Gasteiger partial charge in [0.25, 0.3) is 0 Å². The summed E-state index contributed by atoms with van der Waals surface area (Å²) in [5, 5.41) is 9.03. The number of hydrogen-bond acceptors (Lipinski definition) is 2. The quantitative estimate of drug-likeness (QED) is 0.798. The second-order valence-corrected chi connectivity index (χ2v) is 4.48. The van der Waals surface area contributed by atoms with Crippen molar-refractivity contribution in [1.29, 1.82) is 0 Å². The van der Waals surface area contributed by atoms with Gasteiger partial charge in [0.05, 0.1) is 0 Å². The molecule has 2 aromatic rings. The van der Waals surface area contributed by atoms with Crippen molar-refractivity contribution in [3.8, 4) is 11.4 Å². The fourth-order valence-electron chi connectivity index (χ4n) is 1.81. The highest BCUT2D eigenvalue weighted by Gasteiger charge is 2.13. The Bertz CT molecular complexity index is 503. The molecule has 0 aliphatic heterocycles. The minimum atomic E-state index is 0.337. The van der Waals surface area contributed by atoms with Gasteiger partial charge in [0, 0.05) is 16.6 Å². The van der Waals surface area contributed by atoms with Crippen LogP contribution < -0.4 is 0 Å². The Labute approximate surface area is 100 Å². The van der Waals surface area contributed by atoms with E-state index in [0.717, 1.165) is 17.2 Å². The largest absolute Gasteiger partial charge is 0.309 e. The Kier molecular flexibility index (Phi) is 2.97. The van der Waals surface area contributed by atoms with Crippen molar-refractivity contribution < 1.29 is 0 Å². The van der Waals surface area contributed by atoms with Gasteiger partial charge in [-0.25, -0.2) is 0 Å². The van der Waals surface area contributed by atoms with Crippen LogP contribution in [0.15, 0.2) is 24.3 Å². The molecule has 1 heterocycles. The second-order valence-electron chi connectivity index (χ2n) is 4.04. The van der Waals surface area contributed by atoms with E-state index in [1.165, 1.54) is 0 Å². The summed E-state index contributed by atoms with van der Waals surface area (Å²) in [6.07, 6.45) is 0. The van der Waals surface area contributed by atoms with Crippen molar-refractivity contribution in [1.82, 2.24) is 14.8 Å². The third-order valence-corrected chi connectivity index (χ3v) is 2.70. The Morgan fingerprint density at radius 3 is 2.62 bits per heavy atom. The number of aryl methyl sites for hydroxylation is 1. The fraction of sp³-hybridized carbons (Fsp3) is 0.333. The Morgan fingerprint density at radius 2 is 2.00 bits per heavy atom. The van der Waals surface area contributed by atoms with Crippen molar-refractivity contribution in [2.45, 2.75) is 26.8 Å². The summed E-state index contributed by atoms with van der Waals surface area (Å²) in [5.74, 6) is 1.79. The highest BCUT2D eigenvalue weighted by molar-refractivity contribution is 6.30. The van der Waals surface area contributed by atoms with Crippen LogP contribution in [0.25, 0.3) is 11.4 Å². The summed E-state index contributed by atoms with van der Waals surface area (Å²) in [6.45, 7) is 6.19. The molecule has 84 valence electrons. The second kappa shape index (κ2) is 4.26. The molecule has 3 nitrogen and oxygen atoms in total. The number of hydrogen-bond donors (Lipinski definition) is 0. The Morgan fingerprint density at radius 1 is 1.25 bits per heavy atom. The van der Waals surface area contributed by atoms with Gasteiger partial charge >= 0.3 is 0 Å². The van der Waals surface area contributed by atoms with Crippen LogP contribution >= 0.6 is 11.6 Å². The van der Waals surface area contributed by atoms with E-state index in [1.54, 1.807) is 0 Å².